The van der Waals surface area contributed by atoms with E-state index in [0.717, 1.165) is 20.8 Å². The van der Waals surface area contributed by atoms with Crippen LogP contribution in [0.1, 0.15) is 0 Å². The van der Waals surface area contributed by atoms with Crippen LogP contribution >= 0.6 is 34.2 Å². The lowest BCUT2D eigenvalue weighted by Crippen LogP contribution is -2.11. The molecule has 84 valence electrons. The highest BCUT2D eigenvalue weighted by molar-refractivity contribution is 14.1. The molecule has 0 saturated heterocycles. The molecule has 0 fully saturated rings. The van der Waals surface area contributed by atoms with Gasteiger partial charge in [0.05, 0.1) is 19.8 Å². The van der Waals surface area contributed by atoms with Crippen molar-refractivity contribution in [1.29, 1.82) is 0 Å². The van der Waals surface area contributed by atoms with E-state index in [1.165, 1.54) is 0 Å². The zero-order chi connectivity index (χ0) is 11.1. The molecule has 0 spiro atoms. The van der Waals surface area contributed by atoms with Gasteiger partial charge in [0.2, 0.25) is 0 Å². The number of nitrogens with one attached hydrogen (secondary N) is 1. The van der Waals surface area contributed by atoms with E-state index in [1.807, 2.05) is 18.2 Å². The number of aliphatic hydroxyl groups is 1. The second-order valence-corrected chi connectivity index (χ2v) is 4.49. The van der Waals surface area contributed by atoms with Crippen LogP contribution in [0, 0.1) is 3.57 Å². The molecule has 0 aliphatic rings. The van der Waals surface area contributed by atoms with Crippen LogP contribution in [0.2, 0.25) is 5.02 Å². The topological polar surface area (TPSA) is 41.5 Å². The third-order valence-corrected chi connectivity index (χ3v) is 2.86. The molecule has 2 N–H and O–H groups in total. The van der Waals surface area contributed by atoms with Crippen LogP contribution in [0.3, 0.4) is 0 Å². The Morgan fingerprint density at radius 2 is 2.20 bits per heavy atom. The van der Waals surface area contributed by atoms with E-state index in [1.54, 1.807) is 0 Å². The summed E-state index contributed by atoms with van der Waals surface area (Å²) in [5, 5.41) is 12.5. The zero-order valence-electron chi connectivity index (χ0n) is 8.17. The van der Waals surface area contributed by atoms with E-state index in [0.29, 0.717) is 13.2 Å². The Kier molecular flexibility index (Phi) is 6.31. The van der Waals surface area contributed by atoms with E-state index in [2.05, 4.69) is 27.9 Å². The standard InChI is InChI=1S/C10H13ClINO2/c11-8-1-2-10(9(12)7-8)13-3-5-15-6-4-14/h1-2,7,13-14H,3-6H2. The third-order valence-electron chi connectivity index (χ3n) is 1.73. The van der Waals surface area contributed by atoms with Crippen molar-refractivity contribution in [3.8, 4) is 0 Å². The van der Waals surface area contributed by atoms with Gasteiger partial charge >= 0.3 is 0 Å². The number of ether oxygens (including phenoxy) is 1. The molecule has 0 heterocycles. The van der Waals surface area contributed by atoms with E-state index in [9.17, 15) is 0 Å². The number of hydrogen-bond donors (Lipinski definition) is 2. The summed E-state index contributed by atoms with van der Waals surface area (Å²) in [7, 11) is 0. The minimum atomic E-state index is 0.0679. The summed E-state index contributed by atoms with van der Waals surface area (Å²) in [4.78, 5) is 0. The van der Waals surface area contributed by atoms with Crippen molar-refractivity contribution in [2.24, 2.45) is 0 Å². The summed E-state index contributed by atoms with van der Waals surface area (Å²) >= 11 is 8.06. The molecule has 0 amide bonds. The van der Waals surface area contributed by atoms with Crippen molar-refractivity contribution < 1.29 is 9.84 Å². The molecule has 1 aromatic carbocycles. The fourth-order valence-electron chi connectivity index (χ4n) is 1.06. The predicted octanol–water partition coefficient (Wildman–Crippen LogP) is 2.37. The van der Waals surface area contributed by atoms with Gasteiger partial charge in [-0.1, -0.05) is 11.6 Å². The molecule has 0 bridgehead atoms. The molecule has 0 aromatic heterocycles. The van der Waals surface area contributed by atoms with Gasteiger partial charge < -0.3 is 15.2 Å². The van der Waals surface area contributed by atoms with Crippen molar-refractivity contribution in [3.05, 3.63) is 26.8 Å². The molecule has 5 heteroatoms. The Morgan fingerprint density at radius 1 is 1.40 bits per heavy atom. The van der Waals surface area contributed by atoms with Crippen LogP contribution in [0.15, 0.2) is 18.2 Å². The van der Waals surface area contributed by atoms with Crippen LogP contribution in [0.25, 0.3) is 0 Å². The number of halogens is 2. The van der Waals surface area contributed by atoms with Gasteiger partial charge in [0.15, 0.2) is 0 Å². The fraction of sp³-hybridized carbons (Fsp3) is 0.400. The normalized spacial score (nSPS) is 10.3. The Bertz CT molecular complexity index is 309. The van der Waals surface area contributed by atoms with Gasteiger partial charge in [0.25, 0.3) is 0 Å². The molecule has 1 rings (SSSR count). The molecule has 0 saturated carbocycles. The van der Waals surface area contributed by atoms with Crippen molar-refractivity contribution in [2.75, 3.05) is 31.7 Å². The number of hydrogen-bond acceptors (Lipinski definition) is 3. The van der Waals surface area contributed by atoms with Crippen molar-refractivity contribution in [1.82, 2.24) is 0 Å². The predicted molar refractivity (Wildman–Crippen MR) is 70.6 cm³/mol. The maximum Gasteiger partial charge on any atom is 0.0698 e. The van der Waals surface area contributed by atoms with Crippen LogP contribution in [-0.4, -0.2) is 31.5 Å². The van der Waals surface area contributed by atoms with Gasteiger partial charge in [-0.05, 0) is 40.8 Å². The first-order valence-electron chi connectivity index (χ1n) is 4.61. The Balaban J connectivity index is 2.31. The van der Waals surface area contributed by atoms with Crippen LogP contribution < -0.4 is 5.32 Å². The maximum absolute atomic E-state index is 8.50. The van der Waals surface area contributed by atoms with Crippen molar-refractivity contribution in [2.45, 2.75) is 0 Å². The lowest BCUT2D eigenvalue weighted by molar-refractivity contribution is 0.0992. The molecule has 0 atom stereocenters. The largest absolute Gasteiger partial charge is 0.394 e. The highest BCUT2D eigenvalue weighted by atomic mass is 127. The van der Waals surface area contributed by atoms with Crippen LogP contribution in [0.4, 0.5) is 5.69 Å². The molecule has 3 nitrogen and oxygen atoms in total. The van der Waals surface area contributed by atoms with Gasteiger partial charge in [-0.2, -0.15) is 0 Å². The minimum Gasteiger partial charge on any atom is -0.394 e. The first-order chi connectivity index (χ1) is 7.24. The van der Waals surface area contributed by atoms with E-state index < -0.39 is 0 Å². The molecular weight excluding hydrogens is 328 g/mol. The summed E-state index contributed by atoms with van der Waals surface area (Å²) in [5.74, 6) is 0. The highest BCUT2D eigenvalue weighted by Gasteiger charge is 1.99. The summed E-state index contributed by atoms with van der Waals surface area (Å²) in [6, 6.07) is 5.69. The SMILES string of the molecule is OCCOCCNc1ccc(Cl)cc1I. The van der Waals surface area contributed by atoms with Crippen molar-refractivity contribution >= 4 is 39.9 Å². The van der Waals surface area contributed by atoms with Gasteiger partial charge in [-0.25, -0.2) is 0 Å². The average Bonchev–Trinajstić information content (AvgIpc) is 2.20. The Labute approximate surface area is 108 Å². The minimum absolute atomic E-state index is 0.0679. The molecule has 15 heavy (non-hydrogen) atoms. The molecule has 1 aromatic rings. The molecule has 0 aliphatic heterocycles. The number of rotatable bonds is 6. The first-order valence-corrected chi connectivity index (χ1v) is 6.07. The average molecular weight is 342 g/mol. The van der Waals surface area contributed by atoms with Crippen LogP contribution in [-0.2, 0) is 4.74 Å². The Hall–Kier alpha value is -0.0400. The first kappa shape index (κ1) is 13.0. The Morgan fingerprint density at radius 3 is 2.87 bits per heavy atom. The monoisotopic (exact) mass is 341 g/mol. The van der Waals surface area contributed by atoms with Crippen molar-refractivity contribution in [3.63, 3.8) is 0 Å². The second kappa shape index (κ2) is 7.27. The zero-order valence-corrected chi connectivity index (χ0v) is 11.1. The summed E-state index contributed by atoms with van der Waals surface area (Å²) in [6.45, 7) is 1.76. The highest BCUT2D eigenvalue weighted by Crippen LogP contribution is 2.21. The molecule has 0 radical (unpaired) electrons. The number of aliphatic hydroxyl groups excluding tert-OH is 1. The van der Waals surface area contributed by atoms with E-state index in [4.69, 9.17) is 21.4 Å². The lowest BCUT2D eigenvalue weighted by Gasteiger charge is -2.08. The maximum atomic E-state index is 8.50. The lowest BCUT2D eigenvalue weighted by atomic mass is 10.3. The smallest absolute Gasteiger partial charge is 0.0698 e. The summed E-state index contributed by atoms with van der Waals surface area (Å²) in [5.41, 5.74) is 1.05. The summed E-state index contributed by atoms with van der Waals surface area (Å²) < 4.78 is 6.21. The molecule has 0 aliphatic carbocycles. The van der Waals surface area contributed by atoms with Gasteiger partial charge in [0, 0.05) is 20.8 Å². The molecular formula is C10H13ClINO2. The number of anilines is 1. The quantitative estimate of drug-likeness (QED) is 0.616. The van der Waals surface area contributed by atoms with Gasteiger partial charge in [-0.15, -0.1) is 0 Å². The van der Waals surface area contributed by atoms with Gasteiger partial charge in [-0.3, -0.25) is 0 Å². The second-order valence-electron chi connectivity index (χ2n) is 2.89. The van der Waals surface area contributed by atoms with E-state index in [-0.39, 0.29) is 6.61 Å². The van der Waals surface area contributed by atoms with Gasteiger partial charge in [0.1, 0.15) is 0 Å². The summed E-state index contributed by atoms with van der Waals surface area (Å²) in [6.07, 6.45) is 0. The van der Waals surface area contributed by atoms with Crippen LogP contribution in [0.5, 0.6) is 0 Å². The third kappa shape index (κ3) is 5.01. The number of benzene rings is 1. The fourth-order valence-corrected chi connectivity index (χ4v) is 2.12. The van der Waals surface area contributed by atoms with E-state index >= 15 is 0 Å². The molecule has 0 unspecified atom stereocenters.